The molecule has 0 spiro atoms. The van der Waals surface area contributed by atoms with Crippen molar-refractivity contribution in [1.29, 1.82) is 0 Å². The van der Waals surface area contributed by atoms with Gasteiger partial charge >= 0.3 is 11.9 Å². The molecule has 88 valence electrons. The highest BCUT2D eigenvalue weighted by atomic mass is 32.2. The van der Waals surface area contributed by atoms with Crippen LogP contribution >= 0.6 is 0 Å². The third kappa shape index (κ3) is 5.33. The Hall–Kier alpha value is -1.15. The molecule has 1 atom stereocenters. The van der Waals surface area contributed by atoms with Crippen LogP contribution in [-0.2, 0) is 24.4 Å². The summed E-state index contributed by atoms with van der Waals surface area (Å²) in [5.74, 6) is -2.20. The van der Waals surface area contributed by atoms with Crippen molar-refractivity contribution in [3.8, 4) is 0 Å². The van der Waals surface area contributed by atoms with Gasteiger partial charge in [-0.3, -0.25) is 14.1 Å². The lowest BCUT2D eigenvalue weighted by molar-refractivity contribution is -0.141. The van der Waals surface area contributed by atoms with Gasteiger partial charge in [-0.05, 0) is 12.8 Å². The molecule has 2 N–H and O–H groups in total. The van der Waals surface area contributed by atoms with Gasteiger partial charge in [0, 0.05) is 6.42 Å². The number of hydrogen-bond donors (Lipinski definition) is 2. The van der Waals surface area contributed by atoms with Crippen molar-refractivity contribution in [1.82, 2.24) is 0 Å². The van der Waals surface area contributed by atoms with Crippen LogP contribution in [0.5, 0.6) is 0 Å². The van der Waals surface area contributed by atoms with Crippen LogP contribution in [0.1, 0.15) is 19.3 Å². The Morgan fingerprint density at radius 1 is 1.40 bits per heavy atom. The van der Waals surface area contributed by atoms with Gasteiger partial charge in [0.2, 0.25) is 0 Å². The number of carboxylic acids is 1. The summed E-state index contributed by atoms with van der Waals surface area (Å²) in [7, 11) is -3.56. The molecule has 0 saturated heterocycles. The van der Waals surface area contributed by atoms with Crippen molar-refractivity contribution in [2.45, 2.75) is 24.5 Å². The molecular formula is C7H12O7S. The number of rotatable bonds is 6. The van der Waals surface area contributed by atoms with Crippen molar-refractivity contribution >= 4 is 22.1 Å². The molecule has 0 aliphatic carbocycles. The second-order valence-electron chi connectivity index (χ2n) is 2.81. The molecule has 0 aliphatic rings. The minimum Gasteiger partial charge on any atom is -0.481 e. The zero-order chi connectivity index (χ0) is 12.1. The van der Waals surface area contributed by atoms with Crippen molar-refractivity contribution in [2.75, 3.05) is 7.11 Å². The van der Waals surface area contributed by atoms with Crippen LogP contribution in [-0.4, -0.2) is 42.4 Å². The molecule has 0 radical (unpaired) electrons. The molecule has 0 aromatic carbocycles. The van der Waals surface area contributed by atoms with Crippen LogP contribution in [0.15, 0.2) is 0 Å². The molecule has 0 amide bonds. The van der Waals surface area contributed by atoms with Crippen molar-refractivity contribution in [3.05, 3.63) is 0 Å². The predicted molar refractivity (Wildman–Crippen MR) is 48.8 cm³/mol. The number of carbonyl (C=O) groups is 2. The summed E-state index contributed by atoms with van der Waals surface area (Å²) in [6.07, 6.45) is -0.588. The van der Waals surface area contributed by atoms with E-state index in [9.17, 15) is 18.0 Å². The van der Waals surface area contributed by atoms with Crippen molar-refractivity contribution in [2.24, 2.45) is 0 Å². The summed E-state index contributed by atoms with van der Waals surface area (Å²) in [6, 6.07) is 0. The first kappa shape index (κ1) is 13.8. The smallest absolute Gasteiger partial charge is 0.326 e. The van der Waals surface area contributed by atoms with E-state index in [1.807, 2.05) is 0 Å². The van der Waals surface area contributed by atoms with Gasteiger partial charge in [0.15, 0.2) is 5.25 Å². The number of hydrogen-bond acceptors (Lipinski definition) is 5. The minimum absolute atomic E-state index is 0.0328. The molecule has 0 rings (SSSR count). The summed E-state index contributed by atoms with van der Waals surface area (Å²) < 4.78 is 34.3. The number of carboxylic acid groups (broad SMARTS) is 1. The van der Waals surface area contributed by atoms with Crippen LogP contribution in [0.25, 0.3) is 0 Å². The van der Waals surface area contributed by atoms with Gasteiger partial charge in [0.1, 0.15) is 0 Å². The SMILES string of the molecule is COC(=O)C(CCCC(=O)O)S(=O)(=O)O. The van der Waals surface area contributed by atoms with Crippen molar-refractivity contribution in [3.63, 3.8) is 0 Å². The lowest BCUT2D eigenvalue weighted by Crippen LogP contribution is -2.31. The summed E-state index contributed by atoms with van der Waals surface area (Å²) in [6.45, 7) is 0. The fourth-order valence-corrected chi connectivity index (χ4v) is 1.76. The first-order valence-corrected chi connectivity index (χ1v) is 5.55. The third-order valence-corrected chi connectivity index (χ3v) is 2.83. The van der Waals surface area contributed by atoms with Gasteiger partial charge in [-0.2, -0.15) is 8.42 Å². The first-order chi connectivity index (χ1) is 6.79. The van der Waals surface area contributed by atoms with E-state index in [1.54, 1.807) is 0 Å². The fourth-order valence-electron chi connectivity index (χ4n) is 0.959. The maximum atomic E-state index is 10.9. The summed E-state index contributed by atoms with van der Waals surface area (Å²) >= 11 is 0. The van der Waals surface area contributed by atoms with Crippen LogP contribution in [0.2, 0.25) is 0 Å². The van der Waals surface area contributed by atoms with E-state index in [0.29, 0.717) is 0 Å². The lowest BCUT2D eigenvalue weighted by Gasteiger charge is -2.10. The zero-order valence-corrected chi connectivity index (χ0v) is 8.86. The molecule has 0 fully saturated rings. The highest BCUT2D eigenvalue weighted by Gasteiger charge is 2.31. The van der Waals surface area contributed by atoms with Gasteiger partial charge in [0.05, 0.1) is 7.11 Å². The van der Waals surface area contributed by atoms with Gasteiger partial charge in [-0.25, -0.2) is 0 Å². The second kappa shape index (κ2) is 5.66. The Bertz CT molecular complexity index is 331. The average Bonchev–Trinajstić information content (AvgIpc) is 2.09. The van der Waals surface area contributed by atoms with Gasteiger partial charge in [-0.15, -0.1) is 0 Å². The first-order valence-electron chi connectivity index (χ1n) is 4.05. The Labute approximate surface area is 86.8 Å². The van der Waals surface area contributed by atoms with Crippen LogP contribution in [0.4, 0.5) is 0 Å². The lowest BCUT2D eigenvalue weighted by atomic mass is 10.2. The van der Waals surface area contributed by atoms with Gasteiger partial charge in [0.25, 0.3) is 10.1 Å². The summed E-state index contributed by atoms with van der Waals surface area (Å²) in [4.78, 5) is 21.1. The highest BCUT2D eigenvalue weighted by molar-refractivity contribution is 7.87. The monoisotopic (exact) mass is 240 g/mol. The molecule has 0 heterocycles. The average molecular weight is 240 g/mol. The molecule has 0 aromatic heterocycles. The second-order valence-corrected chi connectivity index (χ2v) is 4.41. The Morgan fingerprint density at radius 3 is 2.27 bits per heavy atom. The summed E-state index contributed by atoms with van der Waals surface area (Å²) in [5, 5.41) is 6.59. The van der Waals surface area contributed by atoms with Gasteiger partial charge < -0.3 is 9.84 Å². The Balaban J connectivity index is 4.41. The summed E-state index contributed by atoms with van der Waals surface area (Å²) in [5.41, 5.74) is 0. The van der Waals surface area contributed by atoms with Gasteiger partial charge in [-0.1, -0.05) is 0 Å². The van der Waals surface area contributed by atoms with Crippen LogP contribution in [0.3, 0.4) is 0 Å². The topological polar surface area (TPSA) is 118 Å². The third-order valence-electron chi connectivity index (χ3n) is 1.68. The molecule has 0 aromatic rings. The van der Waals surface area contributed by atoms with E-state index in [-0.39, 0.29) is 19.3 Å². The molecule has 7 nitrogen and oxygen atoms in total. The van der Waals surface area contributed by atoms with Crippen LogP contribution < -0.4 is 0 Å². The molecule has 0 saturated carbocycles. The molecular weight excluding hydrogens is 228 g/mol. The Kier molecular flexibility index (Phi) is 5.23. The molecule has 1 unspecified atom stereocenters. The fraction of sp³-hybridized carbons (Fsp3) is 0.714. The van der Waals surface area contributed by atoms with E-state index in [4.69, 9.17) is 9.66 Å². The van der Waals surface area contributed by atoms with E-state index in [1.165, 1.54) is 0 Å². The highest BCUT2D eigenvalue weighted by Crippen LogP contribution is 2.10. The van der Waals surface area contributed by atoms with E-state index in [2.05, 4.69) is 4.74 Å². The minimum atomic E-state index is -4.54. The molecule has 8 heteroatoms. The number of ether oxygens (including phenoxy) is 1. The number of carbonyl (C=O) groups excluding carboxylic acids is 1. The maximum Gasteiger partial charge on any atom is 0.326 e. The molecule has 0 aliphatic heterocycles. The predicted octanol–water partition coefficient (Wildman–Crippen LogP) is -0.329. The normalized spacial score (nSPS) is 13.2. The number of esters is 1. The Morgan fingerprint density at radius 2 is 1.93 bits per heavy atom. The van der Waals surface area contributed by atoms with Crippen molar-refractivity contribution < 1.29 is 32.4 Å². The standard InChI is InChI=1S/C7H12O7S/c1-14-7(10)5(15(11,12)13)3-2-4-6(8)9/h5H,2-4H2,1H3,(H,8,9)(H,11,12,13). The number of aliphatic carboxylic acids is 1. The van der Waals surface area contributed by atoms with Crippen LogP contribution in [0, 0.1) is 0 Å². The quantitative estimate of drug-likeness (QED) is 0.482. The van der Waals surface area contributed by atoms with E-state index < -0.39 is 27.3 Å². The van der Waals surface area contributed by atoms with E-state index >= 15 is 0 Å². The molecule has 15 heavy (non-hydrogen) atoms. The zero-order valence-electron chi connectivity index (χ0n) is 8.04. The largest absolute Gasteiger partial charge is 0.481 e. The molecule has 0 bridgehead atoms. The maximum absolute atomic E-state index is 10.9. The van der Waals surface area contributed by atoms with E-state index in [0.717, 1.165) is 7.11 Å². The number of methoxy groups -OCH3 is 1.